The largest absolute Gasteiger partial charge is 0.461 e. The van der Waals surface area contributed by atoms with E-state index in [2.05, 4.69) is 18.9 Å². The molecule has 0 amide bonds. The van der Waals surface area contributed by atoms with E-state index < -0.39 is 0 Å². The van der Waals surface area contributed by atoms with Gasteiger partial charge in [0.05, 0.1) is 11.8 Å². The first-order chi connectivity index (χ1) is 10.4. The number of esters is 1. The molecule has 5 heteroatoms. The van der Waals surface area contributed by atoms with Crippen molar-refractivity contribution in [1.82, 2.24) is 9.78 Å². The average molecular weight is 306 g/mol. The monoisotopic (exact) mass is 306 g/mol. The van der Waals surface area contributed by atoms with E-state index in [0.717, 1.165) is 30.7 Å². The molecule has 1 aromatic heterocycles. The van der Waals surface area contributed by atoms with Gasteiger partial charge in [0.15, 0.2) is 0 Å². The van der Waals surface area contributed by atoms with Gasteiger partial charge in [0.1, 0.15) is 6.10 Å². The zero-order valence-corrected chi connectivity index (χ0v) is 14.0. The highest BCUT2D eigenvalue weighted by molar-refractivity contribution is 5.70. The Labute approximate surface area is 132 Å². The van der Waals surface area contributed by atoms with Gasteiger partial charge in [-0.2, -0.15) is 5.10 Å². The minimum atomic E-state index is -0.106. The van der Waals surface area contributed by atoms with Gasteiger partial charge >= 0.3 is 5.97 Å². The third-order valence-electron chi connectivity index (χ3n) is 5.20. The molecule has 22 heavy (non-hydrogen) atoms. The molecule has 1 aliphatic carbocycles. The molecule has 1 saturated heterocycles. The Morgan fingerprint density at radius 1 is 1.55 bits per heavy atom. The van der Waals surface area contributed by atoms with E-state index in [1.165, 1.54) is 0 Å². The molecule has 122 valence electrons. The molecule has 1 saturated carbocycles. The summed E-state index contributed by atoms with van der Waals surface area (Å²) in [7, 11) is 1.90. The van der Waals surface area contributed by atoms with E-state index >= 15 is 0 Å². The van der Waals surface area contributed by atoms with Crippen LogP contribution >= 0.6 is 0 Å². The first-order valence-electron chi connectivity index (χ1n) is 8.20. The van der Waals surface area contributed by atoms with Gasteiger partial charge in [-0.25, -0.2) is 0 Å². The van der Waals surface area contributed by atoms with E-state index in [1.807, 2.05) is 20.2 Å². The zero-order valence-electron chi connectivity index (χ0n) is 14.0. The van der Waals surface area contributed by atoms with Crippen LogP contribution in [0.15, 0.2) is 6.20 Å². The summed E-state index contributed by atoms with van der Waals surface area (Å²) in [4.78, 5) is 12.2. The molecule has 2 aliphatic rings. The van der Waals surface area contributed by atoms with E-state index in [0.29, 0.717) is 18.8 Å². The Bertz CT molecular complexity index is 564. The smallest absolute Gasteiger partial charge is 0.306 e. The van der Waals surface area contributed by atoms with Gasteiger partial charge in [-0.1, -0.05) is 13.8 Å². The van der Waals surface area contributed by atoms with Crippen LogP contribution < -0.4 is 0 Å². The second-order valence-corrected chi connectivity index (χ2v) is 7.24. The Morgan fingerprint density at radius 2 is 2.32 bits per heavy atom. The van der Waals surface area contributed by atoms with Gasteiger partial charge in [-0.15, -0.1) is 0 Å². The lowest BCUT2D eigenvalue weighted by Crippen LogP contribution is -2.65. The molecular weight excluding hydrogens is 280 g/mol. The predicted octanol–water partition coefficient (Wildman–Crippen LogP) is 2.41. The van der Waals surface area contributed by atoms with Gasteiger partial charge in [0.25, 0.3) is 0 Å². The quantitative estimate of drug-likeness (QED) is 0.802. The molecule has 3 atom stereocenters. The van der Waals surface area contributed by atoms with Crippen LogP contribution in [0.2, 0.25) is 0 Å². The molecule has 2 heterocycles. The maximum absolute atomic E-state index is 12.2. The van der Waals surface area contributed by atoms with Crippen molar-refractivity contribution in [3.63, 3.8) is 0 Å². The molecule has 0 N–H and O–H groups in total. The Kier molecular flexibility index (Phi) is 4.02. The zero-order chi connectivity index (χ0) is 15.9. The number of aryl methyl sites for hydroxylation is 3. The Hall–Kier alpha value is -1.36. The van der Waals surface area contributed by atoms with Gasteiger partial charge < -0.3 is 9.47 Å². The fourth-order valence-corrected chi connectivity index (χ4v) is 4.05. The Morgan fingerprint density at radius 3 is 3.00 bits per heavy atom. The topological polar surface area (TPSA) is 53.4 Å². The van der Waals surface area contributed by atoms with Crippen LogP contribution in [-0.4, -0.2) is 34.6 Å². The van der Waals surface area contributed by atoms with Gasteiger partial charge in [-0.3, -0.25) is 9.48 Å². The van der Waals surface area contributed by atoms with Crippen LogP contribution in [0.25, 0.3) is 0 Å². The molecule has 1 aliphatic heterocycles. The molecule has 0 bridgehead atoms. The van der Waals surface area contributed by atoms with Gasteiger partial charge in [-0.05, 0) is 31.7 Å². The van der Waals surface area contributed by atoms with Crippen molar-refractivity contribution in [1.29, 1.82) is 0 Å². The number of ether oxygens (including phenoxy) is 2. The number of hydrogen-bond donors (Lipinski definition) is 0. The summed E-state index contributed by atoms with van der Waals surface area (Å²) in [6.45, 7) is 7.09. The lowest BCUT2D eigenvalue weighted by atomic mass is 9.57. The fourth-order valence-electron chi connectivity index (χ4n) is 4.05. The molecular formula is C17H26N2O3. The summed E-state index contributed by atoms with van der Waals surface area (Å²) in [5.41, 5.74) is 2.04. The minimum Gasteiger partial charge on any atom is -0.461 e. The van der Waals surface area contributed by atoms with Crippen molar-refractivity contribution in [3.8, 4) is 0 Å². The van der Waals surface area contributed by atoms with Crippen molar-refractivity contribution in [2.75, 3.05) is 6.61 Å². The summed E-state index contributed by atoms with van der Waals surface area (Å²) in [5, 5.41) is 4.30. The van der Waals surface area contributed by atoms with Crippen LogP contribution in [0.4, 0.5) is 0 Å². The summed E-state index contributed by atoms with van der Waals surface area (Å²) >= 11 is 0. The highest BCUT2D eigenvalue weighted by Gasteiger charge is 2.60. The van der Waals surface area contributed by atoms with E-state index in [4.69, 9.17) is 9.47 Å². The van der Waals surface area contributed by atoms with E-state index in [1.54, 1.807) is 4.68 Å². The van der Waals surface area contributed by atoms with Crippen molar-refractivity contribution in [3.05, 3.63) is 17.5 Å². The molecule has 0 spiro atoms. The molecule has 2 fully saturated rings. The fraction of sp³-hybridized carbons (Fsp3) is 0.765. The first kappa shape index (κ1) is 15.5. The number of hydrogen-bond acceptors (Lipinski definition) is 4. The number of carbonyl (C=O) groups excluding carboxylic acids is 1. The maximum atomic E-state index is 12.2. The van der Waals surface area contributed by atoms with E-state index in [9.17, 15) is 4.79 Å². The van der Waals surface area contributed by atoms with Crippen LogP contribution in [-0.2, 0) is 27.7 Å². The van der Waals surface area contributed by atoms with Gasteiger partial charge in [0.2, 0.25) is 0 Å². The van der Waals surface area contributed by atoms with Crippen LogP contribution in [0, 0.1) is 18.3 Å². The molecule has 0 unspecified atom stereocenters. The highest BCUT2D eigenvalue weighted by atomic mass is 16.6. The SMILES string of the molecule is Cc1nn(C)cc1CCC(=O)O[C@@H]1[C@@H]2CCCO[C@H]2C1(C)C. The third kappa shape index (κ3) is 2.67. The van der Waals surface area contributed by atoms with Crippen molar-refractivity contribution >= 4 is 5.97 Å². The molecule has 1 aromatic rings. The summed E-state index contributed by atoms with van der Waals surface area (Å²) in [6.07, 6.45) is 5.50. The number of nitrogens with zero attached hydrogens (tertiary/aromatic N) is 2. The molecule has 0 radical (unpaired) electrons. The maximum Gasteiger partial charge on any atom is 0.306 e. The lowest BCUT2D eigenvalue weighted by molar-refractivity contribution is -0.254. The lowest BCUT2D eigenvalue weighted by Gasteiger charge is -2.58. The number of carbonyl (C=O) groups is 1. The second kappa shape index (κ2) is 5.69. The van der Waals surface area contributed by atoms with E-state index in [-0.39, 0.29) is 23.6 Å². The number of rotatable bonds is 4. The Balaban J connectivity index is 1.54. The molecule has 0 aromatic carbocycles. The molecule has 3 rings (SSSR count). The second-order valence-electron chi connectivity index (χ2n) is 7.24. The normalized spacial score (nSPS) is 29.5. The third-order valence-corrected chi connectivity index (χ3v) is 5.20. The first-order valence-corrected chi connectivity index (χ1v) is 8.20. The van der Waals surface area contributed by atoms with Crippen molar-refractivity contribution in [2.45, 2.75) is 58.7 Å². The van der Waals surface area contributed by atoms with Crippen LogP contribution in [0.3, 0.4) is 0 Å². The summed E-state index contributed by atoms with van der Waals surface area (Å²) < 4.78 is 13.4. The summed E-state index contributed by atoms with van der Waals surface area (Å²) in [5.74, 6) is 0.276. The van der Waals surface area contributed by atoms with Crippen molar-refractivity contribution in [2.24, 2.45) is 18.4 Å². The summed E-state index contributed by atoms with van der Waals surface area (Å²) in [6, 6.07) is 0. The highest BCUT2D eigenvalue weighted by Crippen LogP contribution is 2.53. The number of fused-ring (bicyclic) bond motifs is 1. The van der Waals surface area contributed by atoms with Gasteiger partial charge in [0, 0.05) is 37.6 Å². The number of aromatic nitrogens is 2. The van der Waals surface area contributed by atoms with Crippen molar-refractivity contribution < 1.29 is 14.3 Å². The average Bonchev–Trinajstić information content (AvgIpc) is 2.80. The predicted molar refractivity (Wildman–Crippen MR) is 82.4 cm³/mol. The minimum absolute atomic E-state index is 0.000273. The van der Waals surface area contributed by atoms with Crippen LogP contribution in [0.1, 0.15) is 44.4 Å². The van der Waals surface area contributed by atoms with Crippen LogP contribution in [0.5, 0.6) is 0 Å². The molecule has 5 nitrogen and oxygen atoms in total. The standard InChI is InChI=1S/C17H26N2O3/c1-11-12(10-19(4)18-11)7-8-14(20)22-16-13-6-5-9-21-15(13)17(16,2)3/h10,13,15-16H,5-9H2,1-4H3/t13-,15-,16-/m1/s1.